The molecule has 0 aliphatic rings. The third-order valence-electron chi connectivity index (χ3n) is 2.63. The van der Waals surface area contributed by atoms with Gasteiger partial charge in [0, 0.05) is 25.3 Å². The van der Waals surface area contributed by atoms with Gasteiger partial charge in [-0.15, -0.1) is 11.6 Å². The molecule has 1 aromatic rings. The van der Waals surface area contributed by atoms with Crippen LogP contribution in [-0.2, 0) is 4.79 Å². The third kappa shape index (κ3) is 3.76. The van der Waals surface area contributed by atoms with Gasteiger partial charge in [0.1, 0.15) is 11.6 Å². The molecule has 1 aromatic carbocycles. The van der Waals surface area contributed by atoms with Gasteiger partial charge in [-0.1, -0.05) is 0 Å². The van der Waals surface area contributed by atoms with Crippen molar-refractivity contribution >= 4 is 28.9 Å². The molecule has 0 atom stereocenters. The number of hydrogen-bond donors (Lipinski definition) is 1. The summed E-state index contributed by atoms with van der Waals surface area (Å²) in [5.74, 6) is 0.266. The molecule has 0 heterocycles. The quantitative estimate of drug-likeness (QED) is 0.812. The minimum Gasteiger partial charge on any atom is -0.495 e. The molecule has 6 heteroatoms. The van der Waals surface area contributed by atoms with Crippen LogP contribution in [0, 0.1) is 11.3 Å². The van der Waals surface area contributed by atoms with E-state index in [1.807, 2.05) is 12.1 Å². The highest BCUT2D eigenvalue weighted by molar-refractivity contribution is 6.29. The molecule has 0 aliphatic carbocycles. The number of halogens is 1. The van der Waals surface area contributed by atoms with Gasteiger partial charge in [0.2, 0.25) is 5.91 Å². The molecule has 0 unspecified atom stereocenters. The molecule has 0 spiro atoms. The van der Waals surface area contributed by atoms with Crippen molar-refractivity contribution in [3.05, 3.63) is 18.2 Å². The van der Waals surface area contributed by atoms with Gasteiger partial charge >= 0.3 is 0 Å². The average molecular weight is 282 g/mol. The molecule has 0 radical (unpaired) electrons. The summed E-state index contributed by atoms with van der Waals surface area (Å²) in [4.78, 5) is 13.3. The van der Waals surface area contributed by atoms with Crippen molar-refractivity contribution in [1.82, 2.24) is 0 Å². The monoisotopic (exact) mass is 281 g/mol. The number of carbonyl (C=O) groups is 1. The van der Waals surface area contributed by atoms with Gasteiger partial charge in [-0.05, 0) is 12.1 Å². The van der Waals surface area contributed by atoms with Crippen molar-refractivity contribution in [2.75, 3.05) is 36.8 Å². The fourth-order valence-corrected chi connectivity index (χ4v) is 1.83. The number of nitrogens with one attached hydrogen (secondary N) is 1. The smallest absolute Gasteiger partial charge is 0.241 e. The number of nitrogens with zero attached hydrogens (tertiary/aromatic N) is 2. The van der Waals surface area contributed by atoms with Gasteiger partial charge < -0.3 is 15.0 Å². The molecule has 5 nitrogen and oxygen atoms in total. The molecule has 0 saturated carbocycles. The number of ether oxygens (including phenoxy) is 1. The van der Waals surface area contributed by atoms with E-state index in [4.69, 9.17) is 21.6 Å². The second kappa shape index (κ2) is 7.49. The zero-order valence-electron chi connectivity index (χ0n) is 10.9. The minimum atomic E-state index is -0.240. The maximum Gasteiger partial charge on any atom is 0.241 e. The van der Waals surface area contributed by atoms with E-state index in [9.17, 15) is 4.79 Å². The highest BCUT2D eigenvalue weighted by Crippen LogP contribution is 2.29. The lowest BCUT2D eigenvalue weighted by Gasteiger charge is -2.22. The first-order valence-electron chi connectivity index (χ1n) is 5.77. The first kappa shape index (κ1) is 15.1. The molecule has 0 saturated heterocycles. The summed E-state index contributed by atoms with van der Waals surface area (Å²) >= 11 is 5.59. The van der Waals surface area contributed by atoms with Crippen LogP contribution in [0.15, 0.2) is 18.2 Å². The Morgan fingerprint density at radius 3 is 2.84 bits per heavy atom. The first-order valence-corrected chi connectivity index (χ1v) is 6.30. The Kier molecular flexibility index (Phi) is 5.97. The Hall–Kier alpha value is -1.93. The number of hydrogen-bond acceptors (Lipinski definition) is 4. The van der Waals surface area contributed by atoms with Crippen LogP contribution in [0.1, 0.15) is 6.42 Å². The lowest BCUT2D eigenvalue weighted by molar-refractivity contribution is -0.116. The normalized spacial score (nSPS) is 9.58. The van der Waals surface area contributed by atoms with Crippen molar-refractivity contribution in [2.45, 2.75) is 6.42 Å². The van der Waals surface area contributed by atoms with Crippen LogP contribution in [0.4, 0.5) is 11.4 Å². The van der Waals surface area contributed by atoms with Crippen molar-refractivity contribution in [3.8, 4) is 11.8 Å². The van der Waals surface area contributed by atoms with Crippen molar-refractivity contribution in [3.63, 3.8) is 0 Å². The number of methoxy groups -OCH3 is 1. The lowest BCUT2D eigenvalue weighted by atomic mass is 10.2. The lowest BCUT2D eigenvalue weighted by Crippen LogP contribution is -2.32. The highest BCUT2D eigenvalue weighted by atomic mass is 35.5. The molecule has 0 aliphatic heterocycles. The topological polar surface area (TPSA) is 65.4 Å². The first-order chi connectivity index (χ1) is 9.17. The summed E-state index contributed by atoms with van der Waals surface area (Å²) in [6.45, 7) is 0.310. The summed E-state index contributed by atoms with van der Waals surface area (Å²) in [6.07, 6.45) is 0.249. The SMILES string of the molecule is CNc1ccc(N(CCC#N)C(=O)CCl)cc1OC. The van der Waals surface area contributed by atoms with Gasteiger partial charge in [0.25, 0.3) is 0 Å². The van der Waals surface area contributed by atoms with Gasteiger partial charge in [0.15, 0.2) is 0 Å². The molecule has 0 aromatic heterocycles. The Morgan fingerprint density at radius 1 is 1.58 bits per heavy atom. The van der Waals surface area contributed by atoms with E-state index in [1.54, 1.807) is 26.3 Å². The number of anilines is 2. The highest BCUT2D eigenvalue weighted by Gasteiger charge is 2.16. The maximum absolute atomic E-state index is 11.8. The van der Waals surface area contributed by atoms with E-state index in [-0.39, 0.29) is 18.2 Å². The second-order valence-corrected chi connectivity index (χ2v) is 3.99. The van der Waals surface area contributed by atoms with E-state index >= 15 is 0 Å². The summed E-state index contributed by atoms with van der Waals surface area (Å²) in [7, 11) is 3.35. The summed E-state index contributed by atoms with van der Waals surface area (Å²) in [5.41, 5.74) is 1.49. The largest absolute Gasteiger partial charge is 0.495 e. The molecule has 0 fully saturated rings. The molecule has 0 bridgehead atoms. The van der Waals surface area contributed by atoms with Crippen molar-refractivity contribution in [1.29, 1.82) is 5.26 Å². The molecule has 102 valence electrons. The standard InChI is InChI=1S/C13H16ClN3O2/c1-16-11-5-4-10(8-12(11)19-2)17(7-3-6-15)13(18)9-14/h4-5,8,16H,3,7,9H2,1-2H3. The Morgan fingerprint density at radius 2 is 2.32 bits per heavy atom. The number of benzene rings is 1. The van der Waals surface area contributed by atoms with E-state index in [1.165, 1.54) is 4.90 Å². The summed E-state index contributed by atoms with van der Waals surface area (Å²) in [5, 5.41) is 11.6. The summed E-state index contributed by atoms with van der Waals surface area (Å²) < 4.78 is 5.25. The fourth-order valence-electron chi connectivity index (χ4n) is 1.69. The fraction of sp³-hybridized carbons (Fsp3) is 0.385. The van der Waals surface area contributed by atoms with Crippen LogP contribution >= 0.6 is 11.6 Å². The second-order valence-electron chi connectivity index (χ2n) is 3.72. The van der Waals surface area contributed by atoms with Crippen molar-refractivity contribution in [2.24, 2.45) is 0 Å². The predicted octanol–water partition coefficient (Wildman–Crippen LogP) is 2.22. The van der Waals surface area contributed by atoms with Crippen molar-refractivity contribution < 1.29 is 9.53 Å². The molecular weight excluding hydrogens is 266 g/mol. The molecular formula is C13H16ClN3O2. The Bertz CT molecular complexity index is 485. The zero-order chi connectivity index (χ0) is 14.3. The van der Waals surface area contributed by atoms with E-state index in [2.05, 4.69) is 5.32 Å². The number of carbonyl (C=O) groups excluding carboxylic acids is 1. The number of nitriles is 1. The van der Waals surface area contributed by atoms with Crippen LogP contribution in [0.25, 0.3) is 0 Å². The van der Waals surface area contributed by atoms with Crippen LogP contribution in [0.2, 0.25) is 0 Å². The van der Waals surface area contributed by atoms with Crippen LogP contribution in [-0.4, -0.2) is 32.5 Å². The molecule has 1 rings (SSSR count). The number of alkyl halides is 1. The minimum absolute atomic E-state index is 0.123. The van der Waals surface area contributed by atoms with Gasteiger partial charge in [-0.25, -0.2) is 0 Å². The van der Waals surface area contributed by atoms with Crippen LogP contribution < -0.4 is 15.0 Å². The Labute approximate surface area is 117 Å². The van der Waals surface area contributed by atoms with E-state index in [0.717, 1.165) is 5.69 Å². The zero-order valence-corrected chi connectivity index (χ0v) is 11.7. The molecule has 19 heavy (non-hydrogen) atoms. The predicted molar refractivity (Wildman–Crippen MR) is 75.8 cm³/mol. The van der Waals surface area contributed by atoms with Crippen LogP contribution in [0.5, 0.6) is 5.75 Å². The summed E-state index contributed by atoms with van der Waals surface area (Å²) in [6, 6.07) is 7.36. The maximum atomic E-state index is 11.8. The van der Waals surface area contributed by atoms with Gasteiger partial charge in [-0.3, -0.25) is 4.79 Å². The Balaban J connectivity index is 3.08. The van der Waals surface area contributed by atoms with E-state index < -0.39 is 0 Å². The van der Waals surface area contributed by atoms with Crippen LogP contribution in [0.3, 0.4) is 0 Å². The van der Waals surface area contributed by atoms with Gasteiger partial charge in [-0.2, -0.15) is 5.26 Å². The van der Waals surface area contributed by atoms with Gasteiger partial charge in [0.05, 0.1) is 25.3 Å². The molecule has 1 amide bonds. The third-order valence-corrected chi connectivity index (χ3v) is 2.86. The number of rotatable bonds is 6. The molecule has 1 N–H and O–H groups in total. The number of amides is 1. The van der Waals surface area contributed by atoms with E-state index in [0.29, 0.717) is 18.0 Å². The average Bonchev–Trinajstić information content (AvgIpc) is 2.46.